The first kappa shape index (κ1) is 16.2. The van der Waals surface area contributed by atoms with Crippen LogP contribution in [0.4, 0.5) is 0 Å². The lowest BCUT2D eigenvalue weighted by atomic mass is 9.75. The predicted octanol–water partition coefficient (Wildman–Crippen LogP) is 1.82. The molecule has 0 aromatic carbocycles. The van der Waals surface area contributed by atoms with E-state index in [9.17, 15) is 0 Å². The zero-order chi connectivity index (χ0) is 12.5. The van der Waals surface area contributed by atoms with Gasteiger partial charge in [0.2, 0.25) is 0 Å². The second-order valence-electron chi connectivity index (χ2n) is 6.88. The fourth-order valence-electron chi connectivity index (χ4n) is 3.55. The quantitative estimate of drug-likeness (QED) is 0.826. The summed E-state index contributed by atoms with van der Waals surface area (Å²) in [5, 5.41) is 3.49. The van der Waals surface area contributed by atoms with Gasteiger partial charge in [-0.15, -0.1) is 12.4 Å². The van der Waals surface area contributed by atoms with E-state index in [0.29, 0.717) is 11.0 Å². The van der Waals surface area contributed by atoms with Crippen LogP contribution in [0.2, 0.25) is 0 Å². The van der Waals surface area contributed by atoms with E-state index in [1.54, 1.807) is 0 Å². The van der Waals surface area contributed by atoms with E-state index in [2.05, 4.69) is 43.2 Å². The van der Waals surface area contributed by atoms with Gasteiger partial charge in [-0.05, 0) is 58.8 Å². The van der Waals surface area contributed by atoms with Gasteiger partial charge in [-0.25, -0.2) is 0 Å². The summed E-state index contributed by atoms with van der Waals surface area (Å²) in [6.07, 6.45) is 5.48. The van der Waals surface area contributed by atoms with Gasteiger partial charge in [0.25, 0.3) is 0 Å². The van der Waals surface area contributed by atoms with E-state index in [4.69, 9.17) is 0 Å². The molecule has 1 aliphatic carbocycles. The van der Waals surface area contributed by atoms with Crippen LogP contribution in [0.3, 0.4) is 0 Å². The minimum atomic E-state index is 0. The molecule has 1 N–H and O–H groups in total. The summed E-state index contributed by atoms with van der Waals surface area (Å²) >= 11 is 0. The summed E-state index contributed by atoms with van der Waals surface area (Å²) in [5.41, 5.74) is 0.961. The highest BCUT2D eigenvalue weighted by Crippen LogP contribution is 2.37. The van der Waals surface area contributed by atoms with Gasteiger partial charge in [0.1, 0.15) is 0 Å². The van der Waals surface area contributed by atoms with Gasteiger partial charge in [-0.1, -0.05) is 6.92 Å². The molecule has 2 aliphatic rings. The Morgan fingerprint density at radius 1 is 1.06 bits per heavy atom. The summed E-state index contributed by atoms with van der Waals surface area (Å²) in [6, 6.07) is 0. The third-order valence-corrected chi connectivity index (χ3v) is 4.91. The standard InChI is InChI=1S/C14H29N3.ClH/c1-13(8-9-15-10-13)11-17(4)12-14(16(2)3)6-5-7-14;/h15H,5-12H2,1-4H3;1H. The molecule has 108 valence electrons. The third kappa shape index (κ3) is 3.38. The average molecular weight is 276 g/mol. The number of likely N-dealkylation sites (N-methyl/N-ethyl adjacent to an activating group) is 2. The van der Waals surface area contributed by atoms with E-state index in [1.807, 2.05) is 0 Å². The molecule has 0 aromatic rings. The van der Waals surface area contributed by atoms with E-state index >= 15 is 0 Å². The van der Waals surface area contributed by atoms with Crippen molar-refractivity contribution in [3.63, 3.8) is 0 Å². The molecule has 0 spiro atoms. The Labute approximate surface area is 119 Å². The molecule has 1 unspecified atom stereocenters. The summed E-state index contributed by atoms with van der Waals surface area (Å²) in [4.78, 5) is 5.01. The molecule has 1 aliphatic heterocycles. The highest BCUT2D eigenvalue weighted by Gasteiger charge is 2.41. The van der Waals surface area contributed by atoms with Crippen molar-refractivity contribution in [3.05, 3.63) is 0 Å². The number of hydrogen-bond donors (Lipinski definition) is 1. The zero-order valence-corrected chi connectivity index (χ0v) is 13.3. The second-order valence-corrected chi connectivity index (χ2v) is 6.88. The van der Waals surface area contributed by atoms with Crippen LogP contribution in [-0.2, 0) is 0 Å². The number of nitrogens with zero attached hydrogens (tertiary/aromatic N) is 2. The van der Waals surface area contributed by atoms with Crippen molar-refractivity contribution in [2.75, 3.05) is 47.3 Å². The smallest absolute Gasteiger partial charge is 0.0330 e. The van der Waals surface area contributed by atoms with Gasteiger partial charge in [-0.2, -0.15) is 0 Å². The summed E-state index contributed by atoms with van der Waals surface area (Å²) in [5.74, 6) is 0. The van der Waals surface area contributed by atoms with Gasteiger partial charge < -0.3 is 15.1 Å². The van der Waals surface area contributed by atoms with Gasteiger partial charge in [0.15, 0.2) is 0 Å². The lowest BCUT2D eigenvalue weighted by Gasteiger charge is -2.50. The van der Waals surface area contributed by atoms with Crippen molar-refractivity contribution in [2.45, 2.75) is 38.1 Å². The van der Waals surface area contributed by atoms with Crippen molar-refractivity contribution in [2.24, 2.45) is 5.41 Å². The molecule has 2 fully saturated rings. The van der Waals surface area contributed by atoms with Gasteiger partial charge >= 0.3 is 0 Å². The Morgan fingerprint density at radius 3 is 2.11 bits per heavy atom. The van der Waals surface area contributed by atoms with Crippen LogP contribution in [-0.4, -0.2) is 62.7 Å². The molecule has 0 radical (unpaired) electrons. The van der Waals surface area contributed by atoms with Crippen LogP contribution in [0.15, 0.2) is 0 Å². The highest BCUT2D eigenvalue weighted by molar-refractivity contribution is 5.85. The predicted molar refractivity (Wildman–Crippen MR) is 80.6 cm³/mol. The maximum atomic E-state index is 3.49. The minimum Gasteiger partial charge on any atom is -0.316 e. The summed E-state index contributed by atoms with van der Waals surface area (Å²) in [6.45, 7) is 7.27. The molecule has 0 amide bonds. The van der Waals surface area contributed by atoms with Crippen molar-refractivity contribution >= 4 is 12.4 Å². The molecule has 18 heavy (non-hydrogen) atoms. The molecule has 4 heteroatoms. The van der Waals surface area contributed by atoms with Crippen LogP contribution in [0.25, 0.3) is 0 Å². The van der Waals surface area contributed by atoms with E-state index in [0.717, 1.165) is 0 Å². The van der Waals surface area contributed by atoms with Gasteiger partial charge in [0, 0.05) is 25.2 Å². The van der Waals surface area contributed by atoms with Crippen LogP contribution < -0.4 is 5.32 Å². The molecule has 1 saturated carbocycles. The van der Waals surface area contributed by atoms with Crippen molar-refractivity contribution in [1.29, 1.82) is 0 Å². The first-order chi connectivity index (χ1) is 7.96. The van der Waals surface area contributed by atoms with Crippen molar-refractivity contribution < 1.29 is 0 Å². The molecule has 2 rings (SSSR count). The second kappa shape index (κ2) is 6.08. The van der Waals surface area contributed by atoms with Gasteiger partial charge in [-0.3, -0.25) is 0 Å². The fraction of sp³-hybridized carbons (Fsp3) is 1.00. The van der Waals surface area contributed by atoms with Gasteiger partial charge in [0.05, 0.1) is 0 Å². The largest absolute Gasteiger partial charge is 0.316 e. The van der Waals surface area contributed by atoms with Crippen LogP contribution in [0, 0.1) is 5.41 Å². The Balaban J connectivity index is 0.00000162. The Kier molecular flexibility index (Phi) is 5.48. The topological polar surface area (TPSA) is 18.5 Å². The first-order valence-corrected chi connectivity index (χ1v) is 7.03. The molecule has 0 aromatic heterocycles. The van der Waals surface area contributed by atoms with Crippen molar-refractivity contribution in [3.8, 4) is 0 Å². The van der Waals surface area contributed by atoms with E-state index < -0.39 is 0 Å². The summed E-state index contributed by atoms with van der Waals surface area (Å²) in [7, 11) is 6.78. The van der Waals surface area contributed by atoms with E-state index in [-0.39, 0.29) is 12.4 Å². The molecule has 3 nitrogen and oxygen atoms in total. The third-order valence-electron chi connectivity index (χ3n) is 4.91. The first-order valence-electron chi connectivity index (χ1n) is 7.03. The number of rotatable bonds is 5. The highest BCUT2D eigenvalue weighted by atomic mass is 35.5. The lowest BCUT2D eigenvalue weighted by molar-refractivity contribution is 0.0189. The number of halogens is 1. The molecule has 1 heterocycles. The Bertz CT molecular complexity index is 258. The molecular formula is C14H30ClN3. The molecule has 0 bridgehead atoms. The average Bonchev–Trinajstić information content (AvgIpc) is 2.57. The van der Waals surface area contributed by atoms with Crippen molar-refractivity contribution in [1.82, 2.24) is 15.1 Å². The monoisotopic (exact) mass is 275 g/mol. The maximum absolute atomic E-state index is 3.49. The van der Waals surface area contributed by atoms with Crippen LogP contribution in [0.5, 0.6) is 0 Å². The maximum Gasteiger partial charge on any atom is 0.0330 e. The van der Waals surface area contributed by atoms with Crippen LogP contribution in [0.1, 0.15) is 32.6 Å². The Hall–Kier alpha value is 0.170. The van der Waals surface area contributed by atoms with Crippen LogP contribution >= 0.6 is 12.4 Å². The number of hydrogen-bond acceptors (Lipinski definition) is 3. The number of nitrogens with one attached hydrogen (secondary N) is 1. The Morgan fingerprint density at radius 2 is 1.72 bits per heavy atom. The SMILES string of the molecule is CN(CC1(C)CCNC1)CC1(N(C)C)CCC1.Cl. The summed E-state index contributed by atoms with van der Waals surface area (Å²) < 4.78 is 0. The molecule has 1 saturated heterocycles. The lowest BCUT2D eigenvalue weighted by Crippen LogP contribution is -2.57. The fourth-order valence-corrected chi connectivity index (χ4v) is 3.55. The minimum absolute atomic E-state index is 0. The molecular weight excluding hydrogens is 246 g/mol. The normalized spacial score (nSPS) is 30.3. The molecule has 1 atom stereocenters. The zero-order valence-electron chi connectivity index (χ0n) is 12.5. The van der Waals surface area contributed by atoms with E-state index in [1.165, 1.54) is 51.9 Å².